The second kappa shape index (κ2) is 5.77. The molecule has 0 aliphatic carbocycles. The summed E-state index contributed by atoms with van der Waals surface area (Å²) in [5.74, 6) is 0. The highest BCUT2D eigenvalue weighted by atomic mass is 16.5. The molecule has 1 aromatic rings. The number of nitrogens with zero attached hydrogens (tertiary/aromatic N) is 3. The van der Waals surface area contributed by atoms with E-state index in [1.807, 2.05) is 19.3 Å². The summed E-state index contributed by atoms with van der Waals surface area (Å²) >= 11 is 0. The summed E-state index contributed by atoms with van der Waals surface area (Å²) in [6.45, 7) is 7.78. The Morgan fingerprint density at radius 3 is 2.62 bits per heavy atom. The van der Waals surface area contributed by atoms with E-state index in [0.29, 0.717) is 12.6 Å². The molecule has 2 heterocycles. The minimum atomic E-state index is 0.464. The molecule has 0 radical (unpaired) electrons. The van der Waals surface area contributed by atoms with Gasteiger partial charge in [-0.25, -0.2) is 9.97 Å². The second-order valence-corrected chi connectivity index (χ2v) is 3.83. The Morgan fingerprint density at radius 2 is 2.00 bits per heavy atom. The van der Waals surface area contributed by atoms with Crippen molar-refractivity contribution in [2.24, 2.45) is 0 Å². The Bertz CT molecular complexity index is 308. The Labute approximate surface area is 95.8 Å². The number of ether oxygens (including phenoxy) is 1. The molecule has 1 saturated heterocycles. The molecule has 2 rings (SSSR count). The van der Waals surface area contributed by atoms with Crippen LogP contribution in [0, 0.1) is 0 Å². The predicted octanol–water partition coefficient (Wildman–Crippen LogP) is 0.280. The van der Waals surface area contributed by atoms with E-state index < -0.39 is 0 Å². The number of hydrogen-bond donors (Lipinski definition) is 1. The van der Waals surface area contributed by atoms with Crippen LogP contribution in [0.5, 0.6) is 6.01 Å². The lowest BCUT2D eigenvalue weighted by molar-refractivity contribution is 0.232. The average molecular weight is 222 g/mol. The van der Waals surface area contributed by atoms with E-state index in [9.17, 15) is 0 Å². The van der Waals surface area contributed by atoms with Crippen LogP contribution >= 0.6 is 0 Å². The van der Waals surface area contributed by atoms with E-state index >= 15 is 0 Å². The third-order valence-corrected chi connectivity index (χ3v) is 2.57. The third-order valence-electron chi connectivity index (χ3n) is 2.57. The lowest BCUT2D eigenvalue weighted by atomic mass is 10.3. The zero-order valence-electron chi connectivity index (χ0n) is 9.65. The van der Waals surface area contributed by atoms with Crippen LogP contribution in [0.25, 0.3) is 0 Å². The number of aromatic nitrogens is 2. The summed E-state index contributed by atoms with van der Waals surface area (Å²) in [4.78, 5) is 10.7. The SMILES string of the molecule is CCOc1ncc(CN2CCNCC2)cn1. The van der Waals surface area contributed by atoms with Crippen molar-refractivity contribution in [1.82, 2.24) is 20.2 Å². The van der Waals surface area contributed by atoms with Crippen molar-refractivity contribution in [1.29, 1.82) is 0 Å². The molecule has 0 spiro atoms. The first-order valence-corrected chi connectivity index (χ1v) is 5.75. The fourth-order valence-electron chi connectivity index (χ4n) is 1.76. The van der Waals surface area contributed by atoms with E-state index in [-0.39, 0.29) is 0 Å². The molecule has 0 bridgehead atoms. The summed E-state index contributed by atoms with van der Waals surface area (Å²) in [5.41, 5.74) is 1.14. The first-order valence-electron chi connectivity index (χ1n) is 5.75. The van der Waals surface area contributed by atoms with Gasteiger partial charge in [0, 0.05) is 50.7 Å². The van der Waals surface area contributed by atoms with E-state index in [1.54, 1.807) is 0 Å². The van der Waals surface area contributed by atoms with Gasteiger partial charge in [-0.1, -0.05) is 0 Å². The van der Waals surface area contributed by atoms with Gasteiger partial charge in [0.1, 0.15) is 0 Å². The second-order valence-electron chi connectivity index (χ2n) is 3.83. The van der Waals surface area contributed by atoms with Gasteiger partial charge in [0.15, 0.2) is 0 Å². The summed E-state index contributed by atoms with van der Waals surface area (Å²) < 4.78 is 5.20. The average Bonchev–Trinajstić information content (AvgIpc) is 2.33. The molecule has 0 amide bonds. The van der Waals surface area contributed by atoms with Crippen molar-refractivity contribution < 1.29 is 4.74 Å². The van der Waals surface area contributed by atoms with Gasteiger partial charge in [0.25, 0.3) is 0 Å². The van der Waals surface area contributed by atoms with Crippen molar-refractivity contribution in [2.45, 2.75) is 13.5 Å². The van der Waals surface area contributed by atoms with Gasteiger partial charge in [0.05, 0.1) is 6.61 Å². The molecule has 1 N–H and O–H groups in total. The minimum Gasteiger partial charge on any atom is -0.464 e. The molecule has 0 unspecified atom stereocenters. The highest BCUT2D eigenvalue weighted by Gasteiger charge is 2.10. The van der Waals surface area contributed by atoms with Gasteiger partial charge in [0.2, 0.25) is 0 Å². The van der Waals surface area contributed by atoms with Gasteiger partial charge in [-0.05, 0) is 6.92 Å². The third kappa shape index (κ3) is 3.15. The number of nitrogens with one attached hydrogen (secondary N) is 1. The molecule has 5 heteroatoms. The lowest BCUT2D eigenvalue weighted by Crippen LogP contribution is -2.42. The van der Waals surface area contributed by atoms with Crippen LogP contribution in [-0.4, -0.2) is 47.7 Å². The Morgan fingerprint density at radius 1 is 1.31 bits per heavy atom. The fourth-order valence-corrected chi connectivity index (χ4v) is 1.76. The molecule has 0 aromatic carbocycles. The molecular weight excluding hydrogens is 204 g/mol. The number of piperazine rings is 1. The quantitative estimate of drug-likeness (QED) is 0.793. The van der Waals surface area contributed by atoms with Crippen LogP contribution in [0.2, 0.25) is 0 Å². The predicted molar refractivity (Wildman–Crippen MR) is 61.3 cm³/mol. The molecule has 0 atom stereocenters. The van der Waals surface area contributed by atoms with Crippen LogP contribution in [0.1, 0.15) is 12.5 Å². The summed E-state index contributed by atoms with van der Waals surface area (Å²) in [5, 5.41) is 3.33. The van der Waals surface area contributed by atoms with Crippen LogP contribution in [-0.2, 0) is 6.54 Å². The molecule has 16 heavy (non-hydrogen) atoms. The largest absolute Gasteiger partial charge is 0.464 e. The van der Waals surface area contributed by atoms with E-state index in [0.717, 1.165) is 38.3 Å². The van der Waals surface area contributed by atoms with Crippen molar-refractivity contribution in [3.8, 4) is 6.01 Å². The normalized spacial score (nSPS) is 17.3. The summed E-state index contributed by atoms with van der Waals surface area (Å²) in [6, 6.07) is 0.464. The standard InChI is InChI=1S/C11H18N4O/c1-2-16-11-13-7-10(8-14-11)9-15-5-3-12-4-6-15/h7-8,12H,2-6,9H2,1H3. The molecule has 1 fully saturated rings. The van der Waals surface area contributed by atoms with Gasteiger partial charge in [-0.15, -0.1) is 0 Å². The van der Waals surface area contributed by atoms with E-state index in [4.69, 9.17) is 4.74 Å². The molecular formula is C11H18N4O. The maximum Gasteiger partial charge on any atom is 0.316 e. The lowest BCUT2D eigenvalue weighted by Gasteiger charge is -2.26. The molecule has 1 aliphatic rings. The molecule has 5 nitrogen and oxygen atoms in total. The first kappa shape index (κ1) is 11.3. The Balaban J connectivity index is 1.88. The van der Waals surface area contributed by atoms with Crippen LogP contribution in [0.15, 0.2) is 12.4 Å². The zero-order valence-corrected chi connectivity index (χ0v) is 9.65. The molecule has 1 aliphatic heterocycles. The smallest absolute Gasteiger partial charge is 0.316 e. The van der Waals surface area contributed by atoms with Gasteiger partial charge in [-0.2, -0.15) is 0 Å². The molecule has 0 saturated carbocycles. The maximum absolute atomic E-state index is 5.20. The van der Waals surface area contributed by atoms with Crippen LogP contribution < -0.4 is 10.1 Å². The van der Waals surface area contributed by atoms with Gasteiger partial charge in [-0.3, -0.25) is 4.90 Å². The number of hydrogen-bond acceptors (Lipinski definition) is 5. The monoisotopic (exact) mass is 222 g/mol. The maximum atomic E-state index is 5.20. The van der Waals surface area contributed by atoms with Crippen molar-refractivity contribution in [3.63, 3.8) is 0 Å². The van der Waals surface area contributed by atoms with Crippen LogP contribution in [0.4, 0.5) is 0 Å². The van der Waals surface area contributed by atoms with Gasteiger partial charge >= 0.3 is 6.01 Å². The number of rotatable bonds is 4. The van der Waals surface area contributed by atoms with E-state index in [2.05, 4.69) is 20.2 Å². The Kier molecular flexibility index (Phi) is 4.07. The highest BCUT2D eigenvalue weighted by Crippen LogP contribution is 2.06. The fraction of sp³-hybridized carbons (Fsp3) is 0.636. The topological polar surface area (TPSA) is 50.3 Å². The zero-order chi connectivity index (χ0) is 11.2. The minimum absolute atomic E-state index is 0.464. The van der Waals surface area contributed by atoms with Gasteiger partial charge < -0.3 is 10.1 Å². The van der Waals surface area contributed by atoms with E-state index in [1.165, 1.54) is 0 Å². The summed E-state index contributed by atoms with van der Waals surface area (Å²) in [7, 11) is 0. The molecule has 88 valence electrons. The van der Waals surface area contributed by atoms with Crippen molar-refractivity contribution >= 4 is 0 Å². The summed E-state index contributed by atoms with van der Waals surface area (Å²) in [6.07, 6.45) is 3.69. The Hall–Kier alpha value is -1.20. The molecule has 1 aromatic heterocycles. The van der Waals surface area contributed by atoms with Crippen molar-refractivity contribution in [3.05, 3.63) is 18.0 Å². The van der Waals surface area contributed by atoms with Crippen molar-refractivity contribution in [2.75, 3.05) is 32.8 Å². The highest BCUT2D eigenvalue weighted by molar-refractivity contribution is 5.07. The first-order chi connectivity index (χ1) is 7.88. The van der Waals surface area contributed by atoms with Crippen LogP contribution in [0.3, 0.4) is 0 Å².